The van der Waals surface area contributed by atoms with Gasteiger partial charge in [-0.15, -0.1) is 0 Å². The summed E-state index contributed by atoms with van der Waals surface area (Å²) < 4.78 is 0. The molecule has 12 heavy (non-hydrogen) atoms. The van der Waals surface area contributed by atoms with E-state index in [2.05, 4.69) is 42.4 Å². The van der Waals surface area contributed by atoms with Gasteiger partial charge in [-0.2, -0.15) is 0 Å². The van der Waals surface area contributed by atoms with Gasteiger partial charge in [-0.3, -0.25) is 0 Å². The third-order valence-electron chi connectivity index (χ3n) is 2.06. The molecule has 66 valence electrons. The van der Waals surface area contributed by atoms with Crippen LogP contribution in [-0.4, -0.2) is 20.6 Å². The Bertz CT molecular complexity index is 245. The number of hydrogen-bond acceptors (Lipinski definition) is 2. The van der Waals surface area contributed by atoms with E-state index in [1.807, 2.05) is 13.1 Å². The summed E-state index contributed by atoms with van der Waals surface area (Å²) in [6.07, 6.45) is 0. The van der Waals surface area contributed by atoms with Crippen LogP contribution in [0, 0.1) is 0 Å². The third-order valence-corrected chi connectivity index (χ3v) is 2.06. The van der Waals surface area contributed by atoms with Gasteiger partial charge in [0.25, 0.3) is 0 Å². The molecular formula is C10H16N2. The van der Waals surface area contributed by atoms with E-state index in [1.165, 1.54) is 11.4 Å². The molecule has 0 aliphatic heterocycles. The molecule has 0 bridgehead atoms. The van der Waals surface area contributed by atoms with E-state index in [0.717, 1.165) is 6.54 Å². The van der Waals surface area contributed by atoms with Crippen LogP contribution in [0.1, 0.15) is 6.92 Å². The Balaban J connectivity index is 2.96. The van der Waals surface area contributed by atoms with Crippen molar-refractivity contribution in [3.05, 3.63) is 24.3 Å². The molecule has 1 aromatic carbocycles. The smallest absolute Gasteiger partial charge is 0.0599 e. The van der Waals surface area contributed by atoms with Crippen LogP contribution >= 0.6 is 0 Å². The van der Waals surface area contributed by atoms with Crippen molar-refractivity contribution < 1.29 is 0 Å². The first-order valence-corrected chi connectivity index (χ1v) is 4.27. The summed E-state index contributed by atoms with van der Waals surface area (Å²) in [5.41, 5.74) is 2.43. The second-order valence-electron chi connectivity index (χ2n) is 2.78. The summed E-state index contributed by atoms with van der Waals surface area (Å²) >= 11 is 0. The summed E-state index contributed by atoms with van der Waals surface area (Å²) in [5, 5.41) is 3.17. The van der Waals surface area contributed by atoms with Crippen LogP contribution in [0.15, 0.2) is 24.3 Å². The summed E-state index contributed by atoms with van der Waals surface area (Å²) in [5.74, 6) is 0. The van der Waals surface area contributed by atoms with Crippen molar-refractivity contribution in [1.29, 1.82) is 0 Å². The van der Waals surface area contributed by atoms with Gasteiger partial charge in [-0.1, -0.05) is 12.1 Å². The molecule has 0 atom stereocenters. The highest BCUT2D eigenvalue weighted by Gasteiger charge is 2.01. The molecule has 2 heteroatoms. The van der Waals surface area contributed by atoms with Crippen LogP contribution < -0.4 is 10.2 Å². The van der Waals surface area contributed by atoms with Crippen molar-refractivity contribution in [3.63, 3.8) is 0 Å². The minimum absolute atomic E-state index is 1.03. The van der Waals surface area contributed by atoms with E-state index in [0.29, 0.717) is 0 Å². The largest absolute Gasteiger partial charge is 0.386 e. The molecule has 0 saturated heterocycles. The Morgan fingerprint density at radius 2 is 2.00 bits per heavy atom. The number of rotatable bonds is 3. The molecule has 0 amide bonds. The first-order chi connectivity index (χ1) is 5.79. The van der Waals surface area contributed by atoms with Gasteiger partial charge in [0.2, 0.25) is 0 Å². The Hall–Kier alpha value is -1.18. The number of nitrogens with one attached hydrogen (secondary N) is 1. The average Bonchev–Trinajstić information content (AvgIpc) is 2.16. The zero-order valence-electron chi connectivity index (χ0n) is 7.96. The maximum Gasteiger partial charge on any atom is 0.0599 e. The highest BCUT2D eigenvalue weighted by molar-refractivity contribution is 5.69. The van der Waals surface area contributed by atoms with Crippen LogP contribution in [-0.2, 0) is 0 Å². The lowest BCUT2D eigenvalue weighted by molar-refractivity contribution is 0.969. The number of hydrogen-bond donors (Lipinski definition) is 1. The van der Waals surface area contributed by atoms with Gasteiger partial charge in [-0.25, -0.2) is 0 Å². The first kappa shape index (κ1) is 8.91. The van der Waals surface area contributed by atoms with Gasteiger partial charge in [0.05, 0.1) is 11.4 Å². The Labute approximate surface area is 74.2 Å². The van der Waals surface area contributed by atoms with Crippen molar-refractivity contribution >= 4 is 11.4 Å². The molecule has 0 saturated carbocycles. The fraction of sp³-hybridized carbons (Fsp3) is 0.400. The molecule has 1 N–H and O–H groups in total. The Morgan fingerprint density at radius 3 is 2.58 bits per heavy atom. The van der Waals surface area contributed by atoms with E-state index in [4.69, 9.17) is 0 Å². The van der Waals surface area contributed by atoms with Gasteiger partial charge in [0.1, 0.15) is 0 Å². The van der Waals surface area contributed by atoms with E-state index in [9.17, 15) is 0 Å². The van der Waals surface area contributed by atoms with Crippen molar-refractivity contribution in [1.82, 2.24) is 0 Å². The quantitative estimate of drug-likeness (QED) is 0.736. The highest BCUT2D eigenvalue weighted by Crippen LogP contribution is 2.23. The fourth-order valence-corrected chi connectivity index (χ4v) is 1.19. The molecule has 0 aliphatic rings. The van der Waals surface area contributed by atoms with E-state index in [-0.39, 0.29) is 0 Å². The molecular weight excluding hydrogens is 148 g/mol. The summed E-state index contributed by atoms with van der Waals surface area (Å²) in [7, 11) is 4.04. The Morgan fingerprint density at radius 1 is 1.33 bits per heavy atom. The average molecular weight is 164 g/mol. The van der Waals surface area contributed by atoms with Gasteiger partial charge >= 0.3 is 0 Å². The predicted molar refractivity (Wildman–Crippen MR) is 54.9 cm³/mol. The SMILES string of the molecule is CCN(C)c1ccccc1NC. The lowest BCUT2D eigenvalue weighted by atomic mass is 10.2. The second kappa shape index (κ2) is 4.00. The molecule has 0 spiro atoms. The van der Waals surface area contributed by atoms with Crippen LogP contribution in [0.25, 0.3) is 0 Å². The lowest BCUT2D eigenvalue weighted by Crippen LogP contribution is -2.16. The molecule has 0 fully saturated rings. The summed E-state index contributed by atoms with van der Waals surface area (Å²) in [6, 6.07) is 8.30. The molecule has 1 aromatic rings. The van der Waals surface area contributed by atoms with Crippen molar-refractivity contribution in [3.8, 4) is 0 Å². The molecule has 0 aliphatic carbocycles. The maximum atomic E-state index is 3.17. The minimum Gasteiger partial charge on any atom is -0.386 e. The van der Waals surface area contributed by atoms with E-state index in [1.54, 1.807) is 0 Å². The van der Waals surface area contributed by atoms with Crippen LogP contribution in [0.5, 0.6) is 0 Å². The fourth-order valence-electron chi connectivity index (χ4n) is 1.19. The number of anilines is 2. The topological polar surface area (TPSA) is 15.3 Å². The van der Waals surface area contributed by atoms with E-state index >= 15 is 0 Å². The van der Waals surface area contributed by atoms with Crippen molar-refractivity contribution in [2.75, 3.05) is 30.9 Å². The van der Waals surface area contributed by atoms with Crippen LogP contribution in [0.2, 0.25) is 0 Å². The van der Waals surface area contributed by atoms with Gasteiger partial charge in [0.15, 0.2) is 0 Å². The molecule has 0 unspecified atom stereocenters. The monoisotopic (exact) mass is 164 g/mol. The molecule has 1 rings (SSSR count). The molecule has 0 radical (unpaired) electrons. The van der Waals surface area contributed by atoms with Crippen molar-refractivity contribution in [2.24, 2.45) is 0 Å². The molecule has 0 heterocycles. The van der Waals surface area contributed by atoms with Gasteiger partial charge < -0.3 is 10.2 Å². The van der Waals surface area contributed by atoms with Gasteiger partial charge in [-0.05, 0) is 19.1 Å². The number of benzene rings is 1. The normalized spacial score (nSPS) is 9.58. The van der Waals surface area contributed by atoms with Crippen molar-refractivity contribution in [2.45, 2.75) is 6.92 Å². The Kier molecular flexibility index (Phi) is 2.97. The number of para-hydroxylation sites is 2. The van der Waals surface area contributed by atoms with E-state index < -0.39 is 0 Å². The zero-order valence-corrected chi connectivity index (χ0v) is 7.96. The first-order valence-electron chi connectivity index (χ1n) is 4.27. The molecule has 2 nitrogen and oxygen atoms in total. The summed E-state index contributed by atoms with van der Waals surface area (Å²) in [4.78, 5) is 2.21. The molecule has 0 aromatic heterocycles. The predicted octanol–water partition coefficient (Wildman–Crippen LogP) is 2.18. The van der Waals surface area contributed by atoms with Crippen LogP contribution in [0.4, 0.5) is 11.4 Å². The second-order valence-corrected chi connectivity index (χ2v) is 2.78. The lowest BCUT2D eigenvalue weighted by Gasteiger charge is -2.20. The standard InChI is InChI=1S/C10H16N2/c1-4-12(3)10-8-6-5-7-9(10)11-2/h5-8,11H,4H2,1-3H3. The highest BCUT2D eigenvalue weighted by atomic mass is 15.1. The third kappa shape index (κ3) is 1.70. The minimum atomic E-state index is 1.03. The maximum absolute atomic E-state index is 3.17. The summed E-state index contributed by atoms with van der Waals surface area (Å²) in [6.45, 7) is 3.17. The van der Waals surface area contributed by atoms with Gasteiger partial charge in [0, 0.05) is 20.6 Å². The van der Waals surface area contributed by atoms with Crippen LogP contribution in [0.3, 0.4) is 0 Å². The zero-order chi connectivity index (χ0) is 8.97. The number of nitrogens with zero attached hydrogens (tertiary/aromatic N) is 1.